The van der Waals surface area contributed by atoms with Crippen LogP contribution in [-0.4, -0.2) is 32.2 Å². The van der Waals surface area contributed by atoms with E-state index in [1.54, 1.807) is 24.3 Å². The summed E-state index contributed by atoms with van der Waals surface area (Å²) >= 11 is 0. The highest BCUT2D eigenvalue weighted by Gasteiger charge is 2.10. The van der Waals surface area contributed by atoms with Gasteiger partial charge in [-0.05, 0) is 31.5 Å². The number of methoxy groups -OCH3 is 1. The summed E-state index contributed by atoms with van der Waals surface area (Å²) in [5.41, 5.74) is 6.16. The molecule has 1 aromatic carbocycles. The summed E-state index contributed by atoms with van der Waals surface area (Å²) < 4.78 is 10.6. The molecule has 0 saturated heterocycles. The molecular formula is C15H23ClN2O3. The lowest BCUT2D eigenvalue weighted by molar-refractivity contribution is 0.0952. The van der Waals surface area contributed by atoms with Crippen LogP contribution < -0.4 is 20.5 Å². The minimum atomic E-state index is -0.153. The molecule has 1 aromatic rings. The molecule has 1 rings (SSSR count). The van der Waals surface area contributed by atoms with Gasteiger partial charge in [0.05, 0.1) is 7.11 Å². The molecule has 0 aromatic heterocycles. The fourth-order valence-corrected chi connectivity index (χ4v) is 1.59. The van der Waals surface area contributed by atoms with Gasteiger partial charge in [0.25, 0.3) is 5.91 Å². The molecule has 1 amide bonds. The van der Waals surface area contributed by atoms with Crippen molar-refractivity contribution in [2.75, 3.05) is 20.3 Å². The number of carbonyl (C=O) groups is 1. The summed E-state index contributed by atoms with van der Waals surface area (Å²) in [7, 11) is 1.54. The van der Waals surface area contributed by atoms with Crippen molar-refractivity contribution in [1.29, 1.82) is 0 Å². The molecule has 118 valence electrons. The molecule has 0 saturated carbocycles. The molecule has 0 aliphatic rings. The Bertz CT molecular complexity index is 464. The van der Waals surface area contributed by atoms with E-state index < -0.39 is 0 Å². The van der Waals surface area contributed by atoms with Crippen molar-refractivity contribution in [3.63, 3.8) is 0 Å². The zero-order chi connectivity index (χ0) is 15.0. The van der Waals surface area contributed by atoms with Crippen LogP contribution in [0.2, 0.25) is 0 Å². The third-order valence-corrected chi connectivity index (χ3v) is 2.67. The van der Waals surface area contributed by atoms with Crippen molar-refractivity contribution in [2.24, 2.45) is 5.73 Å². The van der Waals surface area contributed by atoms with Gasteiger partial charge in [-0.25, -0.2) is 0 Å². The molecule has 0 radical (unpaired) electrons. The highest BCUT2D eigenvalue weighted by Crippen LogP contribution is 2.28. The molecule has 21 heavy (non-hydrogen) atoms. The Morgan fingerprint density at radius 2 is 2.19 bits per heavy atom. The number of ether oxygens (including phenoxy) is 2. The molecule has 0 aliphatic heterocycles. The number of benzene rings is 1. The van der Waals surface area contributed by atoms with Gasteiger partial charge in [-0.15, -0.1) is 12.4 Å². The van der Waals surface area contributed by atoms with Crippen molar-refractivity contribution in [1.82, 2.24) is 5.32 Å². The van der Waals surface area contributed by atoms with Gasteiger partial charge >= 0.3 is 0 Å². The van der Waals surface area contributed by atoms with Gasteiger partial charge < -0.3 is 20.5 Å². The number of amides is 1. The Morgan fingerprint density at radius 3 is 2.76 bits per heavy atom. The summed E-state index contributed by atoms with van der Waals surface area (Å²) in [6.45, 7) is 6.42. The van der Waals surface area contributed by atoms with Crippen molar-refractivity contribution >= 4 is 18.3 Å². The molecule has 3 N–H and O–H groups in total. The van der Waals surface area contributed by atoms with E-state index in [-0.39, 0.29) is 24.4 Å². The van der Waals surface area contributed by atoms with Crippen LogP contribution in [0.3, 0.4) is 0 Å². The minimum absolute atomic E-state index is 0. The van der Waals surface area contributed by atoms with E-state index in [4.69, 9.17) is 15.2 Å². The van der Waals surface area contributed by atoms with Gasteiger partial charge in [0.2, 0.25) is 0 Å². The van der Waals surface area contributed by atoms with Crippen LogP contribution in [0.1, 0.15) is 23.7 Å². The van der Waals surface area contributed by atoms with Crippen LogP contribution in [0.5, 0.6) is 11.5 Å². The quantitative estimate of drug-likeness (QED) is 0.721. The normalized spacial score (nSPS) is 11.0. The Morgan fingerprint density at radius 1 is 1.48 bits per heavy atom. The fraction of sp³-hybridized carbons (Fsp3) is 0.400. The first kappa shape index (κ1) is 19.3. The van der Waals surface area contributed by atoms with Gasteiger partial charge in [0.15, 0.2) is 11.5 Å². The Labute approximate surface area is 131 Å². The standard InChI is InChI=1S/C15H22N2O3.ClH/c1-4-9-20-13-6-5-12(10-14(13)19-3)15(18)17-8-7-11(2)16;/h4-6,10-11H,1,7-9,16H2,2-3H3,(H,17,18);1H. The van der Waals surface area contributed by atoms with Crippen molar-refractivity contribution in [2.45, 2.75) is 19.4 Å². The predicted octanol–water partition coefficient (Wildman–Crippen LogP) is 2.15. The monoisotopic (exact) mass is 314 g/mol. The first-order chi connectivity index (χ1) is 9.58. The van der Waals surface area contributed by atoms with E-state index >= 15 is 0 Å². The topological polar surface area (TPSA) is 73.6 Å². The molecule has 1 atom stereocenters. The molecule has 0 spiro atoms. The molecule has 0 bridgehead atoms. The first-order valence-corrected chi connectivity index (χ1v) is 6.54. The van der Waals surface area contributed by atoms with E-state index in [0.717, 1.165) is 6.42 Å². The van der Waals surface area contributed by atoms with Gasteiger partial charge in [-0.2, -0.15) is 0 Å². The van der Waals surface area contributed by atoms with Crippen LogP contribution in [0.25, 0.3) is 0 Å². The second-order valence-corrected chi connectivity index (χ2v) is 4.49. The highest BCUT2D eigenvalue weighted by molar-refractivity contribution is 5.94. The molecule has 1 unspecified atom stereocenters. The maximum Gasteiger partial charge on any atom is 0.251 e. The van der Waals surface area contributed by atoms with Crippen molar-refractivity contribution in [3.8, 4) is 11.5 Å². The molecule has 5 nitrogen and oxygen atoms in total. The van der Waals surface area contributed by atoms with E-state index in [9.17, 15) is 4.79 Å². The summed E-state index contributed by atoms with van der Waals surface area (Å²) in [5, 5.41) is 2.81. The van der Waals surface area contributed by atoms with Gasteiger partial charge in [-0.3, -0.25) is 4.79 Å². The zero-order valence-electron chi connectivity index (χ0n) is 12.4. The highest BCUT2D eigenvalue weighted by atomic mass is 35.5. The summed E-state index contributed by atoms with van der Waals surface area (Å²) in [5.74, 6) is 0.949. The van der Waals surface area contributed by atoms with Crippen molar-refractivity contribution in [3.05, 3.63) is 36.4 Å². The van der Waals surface area contributed by atoms with Gasteiger partial charge in [0.1, 0.15) is 6.61 Å². The first-order valence-electron chi connectivity index (χ1n) is 6.54. The fourth-order valence-electron chi connectivity index (χ4n) is 1.59. The minimum Gasteiger partial charge on any atom is -0.493 e. The number of hydrogen-bond donors (Lipinski definition) is 2. The van der Waals surface area contributed by atoms with Gasteiger partial charge in [-0.1, -0.05) is 12.7 Å². The van der Waals surface area contributed by atoms with E-state index in [1.165, 1.54) is 7.11 Å². The number of nitrogens with two attached hydrogens (primary N) is 1. The molecule has 0 aliphatic carbocycles. The van der Waals surface area contributed by atoms with Gasteiger partial charge in [0, 0.05) is 18.2 Å². The average Bonchev–Trinajstić information content (AvgIpc) is 2.44. The maximum absolute atomic E-state index is 12.0. The average molecular weight is 315 g/mol. The molecular weight excluding hydrogens is 292 g/mol. The third-order valence-electron chi connectivity index (χ3n) is 2.67. The van der Waals surface area contributed by atoms with Crippen LogP contribution in [0.4, 0.5) is 0 Å². The Balaban J connectivity index is 0.00000400. The van der Waals surface area contributed by atoms with Crippen LogP contribution in [0.15, 0.2) is 30.9 Å². The molecule has 6 heteroatoms. The summed E-state index contributed by atoms with van der Waals surface area (Å²) in [6, 6.07) is 5.13. The molecule has 0 heterocycles. The Hall–Kier alpha value is -1.72. The number of nitrogens with one attached hydrogen (secondary N) is 1. The number of hydrogen-bond acceptors (Lipinski definition) is 4. The van der Waals surface area contributed by atoms with Crippen LogP contribution >= 0.6 is 12.4 Å². The zero-order valence-corrected chi connectivity index (χ0v) is 13.2. The second-order valence-electron chi connectivity index (χ2n) is 4.49. The summed E-state index contributed by atoms with van der Waals surface area (Å²) in [6.07, 6.45) is 2.39. The lowest BCUT2D eigenvalue weighted by Crippen LogP contribution is -2.28. The Kier molecular flexibility index (Phi) is 9.25. The predicted molar refractivity (Wildman–Crippen MR) is 86.5 cm³/mol. The number of carbonyl (C=O) groups excluding carboxylic acids is 1. The lowest BCUT2D eigenvalue weighted by Gasteiger charge is -2.11. The maximum atomic E-state index is 12.0. The third kappa shape index (κ3) is 6.51. The lowest BCUT2D eigenvalue weighted by atomic mass is 10.2. The van der Waals surface area contributed by atoms with Crippen molar-refractivity contribution < 1.29 is 14.3 Å². The van der Waals surface area contributed by atoms with Crippen LogP contribution in [0, 0.1) is 0 Å². The second kappa shape index (κ2) is 10.1. The van der Waals surface area contributed by atoms with E-state index in [0.29, 0.717) is 30.2 Å². The smallest absolute Gasteiger partial charge is 0.251 e. The summed E-state index contributed by atoms with van der Waals surface area (Å²) in [4.78, 5) is 12.0. The van der Waals surface area contributed by atoms with E-state index in [1.807, 2.05) is 6.92 Å². The number of halogens is 1. The van der Waals surface area contributed by atoms with Crippen LogP contribution in [-0.2, 0) is 0 Å². The molecule has 0 fully saturated rings. The SMILES string of the molecule is C=CCOc1ccc(C(=O)NCCC(C)N)cc1OC.Cl. The number of rotatable bonds is 8. The van der Waals surface area contributed by atoms with E-state index in [2.05, 4.69) is 11.9 Å². The largest absolute Gasteiger partial charge is 0.493 e.